The van der Waals surface area contributed by atoms with Gasteiger partial charge in [-0.25, -0.2) is 0 Å². The standard InChI is InChI=1S/C14H22N4O/c1-19-10-9-15-7-4-8-16-11-14-12-5-2-3-6-13(12)17-18-14/h2-3,5-6,15-16H,4,7-11H2,1H3,(H,17,18). The van der Waals surface area contributed by atoms with Crippen LogP contribution in [0.1, 0.15) is 12.1 Å². The van der Waals surface area contributed by atoms with Gasteiger partial charge in [0.15, 0.2) is 0 Å². The van der Waals surface area contributed by atoms with Crippen LogP contribution in [-0.2, 0) is 11.3 Å². The molecule has 0 aliphatic carbocycles. The maximum atomic E-state index is 4.97. The van der Waals surface area contributed by atoms with Crippen LogP contribution >= 0.6 is 0 Å². The van der Waals surface area contributed by atoms with Crippen molar-refractivity contribution in [1.29, 1.82) is 0 Å². The minimum absolute atomic E-state index is 0.771. The Hall–Kier alpha value is -1.43. The second-order valence-electron chi connectivity index (χ2n) is 4.49. The van der Waals surface area contributed by atoms with Gasteiger partial charge in [-0.3, -0.25) is 5.10 Å². The van der Waals surface area contributed by atoms with Crippen LogP contribution in [0.4, 0.5) is 0 Å². The van der Waals surface area contributed by atoms with Crippen molar-refractivity contribution in [3.8, 4) is 0 Å². The maximum absolute atomic E-state index is 4.97. The summed E-state index contributed by atoms with van der Waals surface area (Å²) in [6.07, 6.45) is 1.11. The number of aromatic amines is 1. The molecule has 0 amide bonds. The summed E-state index contributed by atoms with van der Waals surface area (Å²) in [4.78, 5) is 0. The molecule has 0 saturated carbocycles. The normalized spacial score (nSPS) is 11.2. The number of para-hydroxylation sites is 1. The molecule has 1 aromatic carbocycles. The van der Waals surface area contributed by atoms with Crippen molar-refractivity contribution < 1.29 is 4.74 Å². The van der Waals surface area contributed by atoms with Crippen LogP contribution in [-0.4, -0.2) is 43.5 Å². The number of nitrogens with one attached hydrogen (secondary N) is 3. The molecule has 3 N–H and O–H groups in total. The van der Waals surface area contributed by atoms with Crippen molar-refractivity contribution in [3.05, 3.63) is 30.0 Å². The van der Waals surface area contributed by atoms with Crippen LogP contribution < -0.4 is 10.6 Å². The van der Waals surface area contributed by atoms with Gasteiger partial charge in [0.25, 0.3) is 0 Å². The average molecular weight is 262 g/mol. The SMILES string of the molecule is COCCNCCCNCc1[nH]nc2ccccc12. The highest BCUT2D eigenvalue weighted by Crippen LogP contribution is 2.14. The van der Waals surface area contributed by atoms with Gasteiger partial charge in [-0.15, -0.1) is 0 Å². The van der Waals surface area contributed by atoms with Crippen molar-refractivity contribution in [2.75, 3.05) is 33.4 Å². The molecule has 1 aromatic heterocycles. The van der Waals surface area contributed by atoms with Gasteiger partial charge in [-0.1, -0.05) is 18.2 Å². The number of ether oxygens (including phenoxy) is 1. The highest BCUT2D eigenvalue weighted by molar-refractivity contribution is 5.80. The van der Waals surface area contributed by atoms with Gasteiger partial charge in [0.2, 0.25) is 0 Å². The van der Waals surface area contributed by atoms with Crippen molar-refractivity contribution in [1.82, 2.24) is 20.8 Å². The van der Waals surface area contributed by atoms with E-state index in [0.29, 0.717) is 0 Å². The lowest BCUT2D eigenvalue weighted by Gasteiger charge is -2.05. The van der Waals surface area contributed by atoms with Crippen LogP contribution in [0.15, 0.2) is 24.3 Å². The van der Waals surface area contributed by atoms with Crippen LogP contribution in [0.3, 0.4) is 0 Å². The third kappa shape index (κ3) is 4.31. The maximum Gasteiger partial charge on any atom is 0.0924 e. The van der Waals surface area contributed by atoms with Crippen molar-refractivity contribution in [2.45, 2.75) is 13.0 Å². The molecule has 0 unspecified atom stereocenters. The molecule has 0 aliphatic rings. The van der Waals surface area contributed by atoms with Crippen LogP contribution in [0.2, 0.25) is 0 Å². The minimum Gasteiger partial charge on any atom is -0.383 e. The Bertz CT molecular complexity index is 483. The lowest BCUT2D eigenvalue weighted by atomic mass is 10.2. The lowest BCUT2D eigenvalue weighted by Crippen LogP contribution is -2.24. The molecule has 0 spiro atoms. The molecular formula is C14H22N4O. The molecule has 0 aliphatic heterocycles. The van der Waals surface area contributed by atoms with E-state index in [1.54, 1.807) is 7.11 Å². The van der Waals surface area contributed by atoms with Crippen molar-refractivity contribution >= 4 is 10.9 Å². The van der Waals surface area contributed by atoms with Crippen molar-refractivity contribution in [2.24, 2.45) is 0 Å². The number of H-pyrrole nitrogens is 1. The zero-order chi connectivity index (χ0) is 13.3. The summed E-state index contributed by atoms with van der Waals surface area (Å²) in [6.45, 7) is 4.53. The molecule has 104 valence electrons. The number of aromatic nitrogens is 2. The Morgan fingerprint density at radius 1 is 1.16 bits per heavy atom. The Morgan fingerprint density at radius 2 is 2.00 bits per heavy atom. The van der Waals surface area contributed by atoms with Crippen molar-refractivity contribution in [3.63, 3.8) is 0 Å². The fourth-order valence-corrected chi connectivity index (χ4v) is 2.00. The monoisotopic (exact) mass is 262 g/mol. The summed E-state index contributed by atoms with van der Waals surface area (Å²) in [5, 5.41) is 15.3. The number of fused-ring (bicyclic) bond motifs is 1. The lowest BCUT2D eigenvalue weighted by molar-refractivity contribution is 0.199. The zero-order valence-corrected chi connectivity index (χ0v) is 11.4. The summed E-state index contributed by atoms with van der Waals surface area (Å²) in [6, 6.07) is 8.17. The second kappa shape index (κ2) is 7.89. The highest BCUT2D eigenvalue weighted by Gasteiger charge is 2.02. The topological polar surface area (TPSA) is 62.0 Å². The predicted molar refractivity (Wildman–Crippen MR) is 77.2 cm³/mol. The fourth-order valence-electron chi connectivity index (χ4n) is 2.00. The molecule has 0 fully saturated rings. The Labute approximate surface area is 113 Å². The van der Waals surface area contributed by atoms with E-state index in [9.17, 15) is 0 Å². The summed E-state index contributed by atoms with van der Waals surface area (Å²) in [7, 11) is 1.72. The van der Waals surface area contributed by atoms with Gasteiger partial charge in [-0.2, -0.15) is 5.10 Å². The molecule has 2 aromatic rings. The summed E-state index contributed by atoms with van der Waals surface area (Å²) in [5.41, 5.74) is 2.18. The predicted octanol–water partition coefficient (Wildman–Crippen LogP) is 1.28. The number of hydrogen-bond donors (Lipinski definition) is 3. The number of rotatable bonds is 9. The van der Waals surface area contributed by atoms with Gasteiger partial charge < -0.3 is 15.4 Å². The quantitative estimate of drug-likeness (QED) is 0.596. The average Bonchev–Trinajstić information content (AvgIpc) is 2.85. The van der Waals surface area contributed by atoms with Crippen LogP contribution in [0.25, 0.3) is 10.9 Å². The molecule has 0 radical (unpaired) electrons. The van der Waals surface area contributed by atoms with Gasteiger partial charge in [0.05, 0.1) is 17.8 Å². The molecule has 5 nitrogen and oxygen atoms in total. The van der Waals surface area contributed by atoms with E-state index in [1.807, 2.05) is 18.2 Å². The number of methoxy groups -OCH3 is 1. The third-order valence-corrected chi connectivity index (χ3v) is 3.03. The summed E-state index contributed by atoms with van der Waals surface area (Å²) >= 11 is 0. The first-order chi connectivity index (χ1) is 9.42. The first kappa shape index (κ1) is 14.0. The Balaban J connectivity index is 1.63. The van der Waals surface area contributed by atoms with Gasteiger partial charge >= 0.3 is 0 Å². The first-order valence-electron chi connectivity index (χ1n) is 6.74. The molecule has 0 bridgehead atoms. The van der Waals surface area contributed by atoms with E-state index in [4.69, 9.17) is 4.74 Å². The van der Waals surface area contributed by atoms with Crippen LogP contribution in [0, 0.1) is 0 Å². The van der Waals surface area contributed by atoms with E-state index in [1.165, 1.54) is 5.39 Å². The van der Waals surface area contributed by atoms with E-state index in [-0.39, 0.29) is 0 Å². The fraction of sp³-hybridized carbons (Fsp3) is 0.500. The smallest absolute Gasteiger partial charge is 0.0924 e. The molecule has 1 heterocycles. The third-order valence-electron chi connectivity index (χ3n) is 3.03. The molecular weight excluding hydrogens is 240 g/mol. The first-order valence-corrected chi connectivity index (χ1v) is 6.74. The molecule has 2 rings (SSSR count). The number of nitrogens with zero attached hydrogens (tertiary/aromatic N) is 1. The Morgan fingerprint density at radius 3 is 2.89 bits per heavy atom. The van der Waals surface area contributed by atoms with Crippen LogP contribution in [0.5, 0.6) is 0 Å². The largest absolute Gasteiger partial charge is 0.383 e. The van der Waals surface area contributed by atoms with Gasteiger partial charge in [-0.05, 0) is 25.6 Å². The molecule has 5 heteroatoms. The molecule has 0 saturated heterocycles. The zero-order valence-electron chi connectivity index (χ0n) is 11.4. The minimum atomic E-state index is 0.771. The van der Waals surface area contributed by atoms with Gasteiger partial charge in [0.1, 0.15) is 0 Å². The summed E-state index contributed by atoms with van der Waals surface area (Å²) < 4.78 is 4.97. The Kier molecular flexibility index (Phi) is 5.81. The highest BCUT2D eigenvalue weighted by atomic mass is 16.5. The molecule has 0 atom stereocenters. The van der Waals surface area contributed by atoms with E-state index < -0.39 is 0 Å². The molecule has 19 heavy (non-hydrogen) atoms. The number of benzene rings is 1. The van der Waals surface area contributed by atoms with E-state index >= 15 is 0 Å². The number of hydrogen-bond acceptors (Lipinski definition) is 4. The van der Waals surface area contributed by atoms with Gasteiger partial charge in [0, 0.05) is 25.6 Å². The second-order valence-corrected chi connectivity index (χ2v) is 4.49. The summed E-state index contributed by atoms with van der Waals surface area (Å²) in [5.74, 6) is 0. The van der Waals surface area contributed by atoms with E-state index in [2.05, 4.69) is 26.9 Å². The van der Waals surface area contributed by atoms with E-state index in [0.717, 1.165) is 50.4 Å².